The first-order valence-corrected chi connectivity index (χ1v) is 8.91. The molecule has 0 bridgehead atoms. The summed E-state index contributed by atoms with van der Waals surface area (Å²) in [5.41, 5.74) is 1.85. The van der Waals surface area contributed by atoms with Crippen molar-refractivity contribution in [3.05, 3.63) is 63.3 Å². The number of carbonyl (C=O) groups excluding carboxylic acids is 1. The van der Waals surface area contributed by atoms with E-state index < -0.39 is 5.97 Å². The maximum absolute atomic E-state index is 12.4. The standard InChI is InChI=1S/C20H18Cl2O4/c1-11(2)25-20(23)19-12(3)26-18-7-6-15(9-16(18)19)24-10-13-4-5-14(21)8-17(13)22/h4-9,11H,10H2,1-3H3. The minimum absolute atomic E-state index is 0.210. The molecule has 6 heteroatoms. The zero-order chi connectivity index (χ0) is 18.8. The molecule has 1 aromatic heterocycles. The summed E-state index contributed by atoms with van der Waals surface area (Å²) < 4.78 is 16.8. The average Bonchev–Trinajstić information content (AvgIpc) is 2.88. The summed E-state index contributed by atoms with van der Waals surface area (Å²) in [5, 5.41) is 1.77. The lowest BCUT2D eigenvalue weighted by Gasteiger charge is -2.09. The number of hydrogen-bond acceptors (Lipinski definition) is 4. The van der Waals surface area contributed by atoms with Crippen molar-refractivity contribution in [1.82, 2.24) is 0 Å². The molecule has 0 atom stereocenters. The third-order valence-electron chi connectivity index (χ3n) is 3.79. The largest absolute Gasteiger partial charge is 0.489 e. The van der Waals surface area contributed by atoms with Gasteiger partial charge in [-0.1, -0.05) is 29.3 Å². The summed E-state index contributed by atoms with van der Waals surface area (Å²) >= 11 is 12.1. The van der Waals surface area contributed by atoms with Crippen LogP contribution in [-0.4, -0.2) is 12.1 Å². The van der Waals surface area contributed by atoms with Crippen molar-refractivity contribution in [2.45, 2.75) is 33.5 Å². The number of aryl methyl sites for hydroxylation is 1. The van der Waals surface area contributed by atoms with Crippen molar-refractivity contribution < 1.29 is 18.7 Å². The number of esters is 1. The van der Waals surface area contributed by atoms with Crippen LogP contribution in [0.1, 0.15) is 35.5 Å². The van der Waals surface area contributed by atoms with E-state index in [0.29, 0.717) is 38.1 Å². The van der Waals surface area contributed by atoms with Crippen molar-refractivity contribution in [2.75, 3.05) is 0 Å². The highest BCUT2D eigenvalue weighted by Gasteiger charge is 2.21. The second-order valence-corrected chi connectivity index (χ2v) is 7.01. The summed E-state index contributed by atoms with van der Waals surface area (Å²) in [4.78, 5) is 12.4. The van der Waals surface area contributed by atoms with Crippen molar-refractivity contribution in [3.63, 3.8) is 0 Å². The van der Waals surface area contributed by atoms with Crippen LogP contribution in [0, 0.1) is 6.92 Å². The van der Waals surface area contributed by atoms with Crippen LogP contribution in [0.3, 0.4) is 0 Å². The Balaban J connectivity index is 1.87. The number of ether oxygens (including phenoxy) is 2. The molecular weight excluding hydrogens is 375 g/mol. The highest BCUT2D eigenvalue weighted by atomic mass is 35.5. The summed E-state index contributed by atoms with van der Waals surface area (Å²) in [6.07, 6.45) is -0.210. The van der Waals surface area contributed by atoms with E-state index in [1.807, 2.05) is 6.07 Å². The van der Waals surface area contributed by atoms with Gasteiger partial charge in [-0.15, -0.1) is 0 Å². The molecule has 0 saturated carbocycles. The molecule has 3 rings (SSSR count). The number of halogens is 2. The SMILES string of the molecule is Cc1oc2ccc(OCc3ccc(Cl)cc3Cl)cc2c1C(=O)OC(C)C. The Labute approximate surface area is 161 Å². The van der Waals surface area contributed by atoms with Crippen LogP contribution in [0.4, 0.5) is 0 Å². The average molecular weight is 393 g/mol. The van der Waals surface area contributed by atoms with E-state index in [2.05, 4.69) is 0 Å². The lowest BCUT2D eigenvalue weighted by Crippen LogP contribution is -2.12. The molecule has 4 nitrogen and oxygen atoms in total. The zero-order valence-electron chi connectivity index (χ0n) is 14.6. The van der Waals surface area contributed by atoms with Crippen LogP contribution in [0.15, 0.2) is 40.8 Å². The van der Waals surface area contributed by atoms with Gasteiger partial charge >= 0.3 is 5.97 Å². The third kappa shape index (κ3) is 3.97. The van der Waals surface area contributed by atoms with Gasteiger partial charge in [-0.25, -0.2) is 4.79 Å². The number of fused-ring (bicyclic) bond motifs is 1. The predicted molar refractivity (Wildman–Crippen MR) is 102 cm³/mol. The second-order valence-electron chi connectivity index (χ2n) is 6.17. The normalized spacial score (nSPS) is 11.2. The maximum Gasteiger partial charge on any atom is 0.342 e. The summed E-state index contributed by atoms with van der Waals surface area (Å²) in [5.74, 6) is 0.709. The molecule has 0 aliphatic heterocycles. The fraction of sp³-hybridized carbons (Fsp3) is 0.250. The van der Waals surface area contributed by atoms with Crippen LogP contribution in [0.25, 0.3) is 11.0 Å². The number of hydrogen-bond donors (Lipinski definition) is 0. The van der Waals surface area contributed by atoms with Crippen molar-refractivity contribution in [2.24, 2.45) is 0 Å². The van der Waals surface area contributed by atoms with Crippen LogP contribution in [0.5, 0.6) is 5.75 Å². The Morgan fingerprint density at radius 3 is 2.62 bits per heavy atom. The highest BCUT2D eigenvalue weighted by Crippen LogP contribution is 2.31. The van der Waals surface area contributed by atoms with Gasteiger partial charge in [0.25, 0.3) is 0 Å². The van der Waals surface area contributed by atoms with Gasteiger partial charge in [0.1, 0.15) is 29.3 Å². The van der Waals surface area contributed by atoms with E-state index in [0.717, 1.165) is 5.56 Å². The van der Waals surface area contributed by atoms with Gasteiger partial charge in [0.2, 0.25) is 0 Å². The predicted octanol–water partition coefficient (Wildman–Crippen LogP) is 6.19. The van der Waals surface area contributed by atoms with Gasteiger partial charge in [-0.3, -0.25) is 0 Å². The van der Waals surface area contributed by atoms with E-state index in [1.165, 1.54) is 0 Å². The molecule has 0 spiro atoms. The first-order chi connectivity index (χ1) is 12.3. The van der Waals surface area contributed by atoms with Crippen molar-refractivity contribution in [1.29, 1.82) is 0 Å². The minimum Gasteiger partial charge on any atom is -0.489 e. The van der Waals surface area contributed by atoms with Crippen LogP contribution in [0.2, 0.25) is 10.0 Å². The molecule has 2 aromatic carbocycles. The van der Waals surface area contributed by atoms with E-state index in [4.69, 9.17) is 37.1 Å². The second kappa shape index (κ2) is 7.60. The molecule has 0 amide bonds. The quantitative estimate of drug-likeness (QED) is 0.485. The lowest BCUT2D eigenvalue weighted by atomic mass is 10.1. The molecule has 136 valence electrons. The van der Waals surface area contributed by atoms with E-state index in [9.17, 15) is 4.79 Å². The van der Waals surface area contributed by atoms with Gasteiger partial charge in [0.05, 0.1) is 6.10 Å². The van der Waals surface area contributed by atoms with Crippen LogP contribution in [-0.2, 0) is 11.3 Å². The van der Waals surface area contributed by atoms with Crippen molar-refractivity contribution >= 4 is 40.1 Å². The van der Waals surface area contributed by atoms with Gasteiger partial charge in [-0.05, 0) is 51.1 Å². The molecule has 0 radical (unpaired) electrons. The Kier molecular flexibility index (Phi) is 5.44. The molecule has 0 aliphatic carbocycles. The van der Waals surface area contributed by atoms with Gasteiger partial charge < -0.3 is 13.9 Å². The molecule has 0 fully saturated rings. The number of carbonyl (C=O) groups is 1. The van der Waals surface area contributed by atoms with Crippen LogP contribution >= 0.6 is 23.2 Å². The fourth-order valence-electron chi connectivity index (χ4n) is 2.62. The zero-order valence-corrected chi connectivity index (χ0v) is 16.1. The molecule has 0 N–H and O–H groups in total. The maximum atomic E-state index is 12.4. The number of benzene rings is 2. The summed E-state index contributed by atoms with van der Waals surface area (Å²) in [6, 6.07) is 10.6. The number of furan rings is 1. The molecule has 0 unspecified atom stereocenters. The van der Waals surface area contributed by atoms with E-state index in [1.54, 1.807) is 51.1 Å². The molecular formula is C20H18Cl2O4. The Bertz CT molecular complexity index is 960. The number of rotatable bonds is 5. The summed E-state index contributed by atoms with van der Waals surface area (Å²) in [6.45, 7) is 5.63. The monoisotopic (exact) mass is 392 g/mol. The third-order valence-corrected chi connectivity index (χ3v) is 4.38. The van der Waals surface area contributed by atoms with Gasteiger partial charge in [0, 0.05) is 21.0 Å². The lowest BCUT2D eigenvalue weighted by molar-refractivity contribution is 0.0378. The molecule has 26 heavy (non-hydrogen) atoms. The van der Waals surface area contributed by atoms with Crippen LogP contribution < -0.4 is 4.74 Å². The van der Waals surface area contributed by atoms with Crippen molar-refractivity contribution in [3.8, 4) is 5.75 Å². The summed E-state index contributed by atoms with van der Waals surface area (Å²) in [7, 11) is 0. The first-order valence-electron chi connectivity index (χ1n) is 8.16. The topological polar surface area (TPSA) is 48.7 Å². The molecule has 0 aliphatic rings. The smallest absolute Gasteiger partial charge is 0.342 e. The van der Waals surface area contributed by atoms with E-state index >= 15 is 0 Å². The first kappa shape index (κ1) is 18.6. The Hall–Kier alpha value is -2.17. The Morgan fingerprint density at radius 2 is 1.92 bits per heavy atom. The highest BCUT2D eigenvalue weighted by molar-refractivity contribution is 6.35. The molecule has 3 aromatic rings. The Morgan fingerprint density at radius 1 is 1.15 bits per heavy atom. The fourth-order valence-corrected chi connectivity index (χ4v) is 3.08. The van der Waals surface area contributed by atoms with Gasteiger partial charge in [0.15, 0.2) is 0 Å². The van der Waals surface area contributed by atoms with E-state index in [-0.39, 0.29) is 12.7 Å². The van der Waals surface area contributed by atoms with Gasteiger partial charge in [-0.2, -0.15) is 0 Å². The molecule has 0 saturated heterocycles. The molecule has 1 heterocycles. The minimum atomic E-state index is -0.408.